The van der Waals surface area contributed by atoms with Crippen molar-refractivity contribution >= 4 is 0 Å². The minimum Gasteiger partial charge on any atom is -0.491 e. The molecule has 1 unspecified atom stereocenters. The summed E-state index contributed by atoms with van der Waals surface area (Å²) in [5, 5.41) is 0. The molecule has 0 amide bonds. The molecule has 0 aromatic rings. The van der Waals surface area contributed by atoms with Gasteiger partial charge < -0.3 is 9.64 Å². The van der Waals surface area contributed by atoms with Crippen LogP contribution in [0.1, 0.15) is 41.5 Å². The van der Waals surface area contributed by atoms with E-state index in [-0.39, 0.29) is 0 Å². The highest BCUT2D eigenvalue weighted by atomic mass is 16.5. The Morgan fingerprint density at radius 3 is 2.00 bits per heavy atom. The SMILES string of the molecule is CC(C)C1=C(C(C)C)N(C)CC(C(C)C)O1. The van der Waals surface area contributed by atoms with Crippen molar-refractivity contribution in [3.05, 3.63) is 11.5 Å². The lowest BCUT2D eigenvalue weighted by molar-refractivity contribution is 0.00868. The average molecular weight is 225 g/mol. The van der Waals surface area contributed by atoms with Crippen molar-refractivity contribution in [1.29, 1.82) is 0 Å². The number of rotatable bonds is 3. The van der Waals surface area contributed by atoms with Crippen molar-refractivity contribution in [3.63, 3.8) is 0 Å². The van der Waals surface area contributed by atoms with Gasteiger partial charge in [0, 0.05) is 13.0 Å². The second-order valence-electron chi connectivity index (χ2n) is 5.84. The van der Waals surface area contributed by atoms with Gasteiger partial charge in [0.2, 0.25) is 0 Å². The Kier molecular flexibility index (Phi) is 4.28. The lowest BCUT2D eigenvalue weighted by atomic mass is 9.97. The average Bonchev–Trinajstić information content (AvgIpc) is 2.15. The van der Waals surface area contributed by atoms with Gasteiger partial charge in [-0.15, -0.1) is 0 Å². The summed E-state index contributed by atoms with van der Waals surface area (Å²) in [5.41, 5.74) is 1.38. The highest BCUT2D eigenvalue weighted by Gasteiger charge is 2.30. The molecule has 0 aliphatic carbocycles. The second-order valence-corrected chi connectivity index (χ2v) is 5.84. The van der Waals surface area contributed by atoms with Crippen LogP contribution in [0.2, 0.25) is 0 Å². The number of hydrogen-bond donors (Lipinski definition) is 0. The first-order valence-electron chi connectivity index (χ1n) is 6.46. The predicted molar refractivity (Wildman–Crippen MR) is 69.0 cm³/mol. The standard InChI is InChI=1S/C14H27NO/c1-9(2)12-8-15(7)13(10(3)4)14(16-12)11(5)6/h9-12H,8H2,1-7H3. The molecule has 1 heterocycles. The summed E-state index contributed by atoms with van der Waals surface area (Å²) in [6, 6.07) is 0. The molecular weight excluding hydrogens is 198 g/mol. The van der Waals surface area contributed by atoms with E-state index in [1.54, 1.807) is 0 Å². The van der Waals surface area contributed by atoms with Crippen LogP contribution in [0.5, 0.6) is 0 Å². The maximum Gasteiger partial charge on any atom is 0.118 e. The van der Waals surface area contributed by atoms with Crippen molar-refractivity contribution in [1.82, 2.24) is 4.90 Å². The van der Waals surface area contributed by atoms with Gasteiger partial charge in [0.1, 0.15) is 11.9 Å². The monoisotopic (exact) mass is 225 g/mol. The largest absolute Gasteiger partial charge is 0.491 e. The van der Waals surface area contributed by atoms with Gasteiger partial charge in [-0.1, -0.05) is 41.5 Å². The van der Waals surface area contributed by atoms with Gasteiger partial charge in [-0.2, -0.15) is 0 Å². The van der Waals surface area contributed by atoms with Crippen molar-refractivity contribution < 1.29 is 4.74 Å². The highest BCUT2D eigenvalue weighted by Crippen LogP contribution is 2.31. The molecule has 16 heavy (non-hydrogen) atoms. The van der Waals surface area contributed by atoms with E-state index in [2.05, 4.69) is 53.5 Å². The van der Waals surface area contributed by atoms with Crippen LogP contribution in [-0.4, -0.2) is 24.6 Å². The predicted octanol–water partition coefficient (Wildman–Crippen LogP) is 3.50. The Morgan fingerprint density at radius 2 is 1.62 bits per heavy atom. The van der Waals surface area contributed by atoms with Gasteiger partial charge in [0.05, 0.1) is 12.2 Å². The number of nitrogens with zero attached hydrogens (tertiary/aromatic N) is 1. The summed E-state index contributed by atoms with van der Waals surface area (Å²) in [6.45, 7) is 14.4. The van der Waals surface area contributed by atoms with E-state index in [1.165, 1.54) is 11.5 Å². The molecule has 2 heteroatoms. The van der Waals surface area contributed by atoms with Crippen molar-refractivity contribution in [2.24, 2.45) is 17.8 Å². The molecule has 0 fully saturated rings. The molecular formula is C14H27NO. The van der Waals surface area contributed by atoms with Crippen LogP contribution in [0, 0.1) is 17.8 Å². The Labute approximate surface area is 101 Å². The summed E-state index contributed by atoms with van der Waals surface area (Å²) in [7, 11) is 2.19. The molecule has 0 aromatic heterocycles. The molecule has 0 bridgehead atoms. The van der Waals surface area contributed by atoms with Crippen LogP contribution >= 0.6 is 0 Å². The molecule has 1 rings (SSSR count). The molecule has 0 spiro atoms. The van der Waals surface area contributed by atoms with Crippen molar-refractivity contribution in [2.75, 3.05) is 13.6 Å². The quantitative estimate of drug-likeness (QED) is 0.729. The minimum atomic E-state index is 0.338. The maximum absolute atomic E-state index is 6.19. The number of ether oxygens (including phenoxy) is 1. The third kappa shape index (κ3) is 2.72. The molecule has 0 saturated heterocycles. The summed E-state index contributed by atoms with van der Waals surface area (Å²) in [6.07, 6.45) is 0.338. The minimum absolute atomic E-state index is 0.338. The normalized spacial score (nSPS) is 22.4. The first-order chi connectivity index (χ1) is 7.34. The Balaban J connectivity index is 3.02. The van der Waals surface area contributed by atoms with Crippen molar-refractivity contribution in [2.45, 2.75) is 47.6 Å². The second kappa shape index (κ2) is 5.11. The molecule has 1 aliphatic heterocycles. The lowest BCUT2D eigenvalue weighted by Crippen LogP contribution is -2.41. The van der Waals surface area contributed by atoms with E-state index in [4.69, 9.17) is 4.74 Å². The molecule has 1 aliphatic rings. The summed E-state index contributed by atoms with van der Waals surface area (Å²) >= 11 is 0. The summed E-state index contributed by atoms with van der Waals surface area (Å²) in [4.78, 5) is 2.38. The van der Waals surface area contributed by atoms with E-state index >= 15 is 0 Å². The first-order valence-corrected chi connectivity index (χ1v) is 6.46. The summed E-state index contributed by atoms with van der Waals surface area (Å²) < 4.78 is 6.19. The van der Waals surface area contributed by atoms with E-state index in [1.807, 2.05) is 0 Å². The van der Waals surface area contributed by atoms with Gasteiger partial charge in [-0.05, 0) is 11.8 Å². The van der Waals surface area contributed by atoms with E-state index < -0.39 is 0 Å². The molecule has 94 valence electrons. The fraction of sp³-hybridized carbons (Fsp3) is 0.857. The van der Waals surface area contributed by atoms with Crippen LogP contribution in [0.25, 0.3) is 0 Å². The van der Waals surface area contributed by atoms with E-state index in [0.29, 0.717) is 23.9 Å². The number of allylic oxidation sites excluding steroid dienone is 2. The maximum atomic E-state index is 6.19. The summed E-state index contributed by atoms with van der Waals surface area (Å²) in [5.74, 6) is 2.78. The Morgan fingerprint density at radius 1 is 1.06 bits per heavy atom. The van der Waals surface area contributed by atoms with Crippen molar-refractivity contribution in [3.8, 4) is 0 Å². The van der Waals surface area contributed by atoms with Crippen LogP contribution in [0.4, 0.5) is 0 Å². The third-order valence-electron chi connectivity index (χ3n) is 3.21. The molecule has 0 N–H and O–H groups in total. The van der Waals surface area contributed by atoms with Gasteiger partial charge in [-0.25, -0.2) is 0 Å². The van der Waals surface area contributed by atoms with E-state index in [9.17, 15) is 0 Å². The molecule has 1 atom stereocenters. The number of likely N-dealkylation sites (N-methyl/N-ethyl adjacent to an activating group) is 1. The molecule has 0 radical (unpaired) electrons. The fourth-order valence-corrected chi connectivity index (χ4v) is 2.32. The molecule has 2 nitrogen and oxygen atoms in total. The van der Waals surface area contributed by atoms with E-state index in [0.717, 1.165) is 6.54 Å². The zero-order chi connectivity index (χ0) is 12.5. The highest BCUT2D eigenvalue weighted by molar-refractivity contribution is 5.15. The van der Waals surface area contributed by atoms with Crippen LogP contribution in [-0.2, 0) is 4.74 Å². The molecule has 0 aromatic carbocycles. The zero-order valence-electron chi connectivity index (χ0n) is 11.9. The third-order valence-corrected chi connectivity index (χ3v) is 3.21. The number of hydrogen-bond acceptors (Lipinski definition) is 2. The topological polar surface area (TPSA) is 12.5 Å². The lowest BCUT2D eigenvalue weighted by Gasteiger charge is -2.40. The van der Waals surface area contributed by atoms with Crippen LogP contribution in [0.3, 0.4) is 0 Å². The fourth-order valence-electron chi connectivity index (χ4n) is 2.32. The van der Waals surface area contributed by atoms with Crippen LogP contribution < -0.4 is 0 Å². The molecule has 0 saturated carbocycles. The van der Waals surface area contributed by atoms with Gasteiger partial charge >= 0.3 is 0 Å². The first kappa shape index (κ1) is 13.4. The zero-order valence-corrected chi connectivity index (χ0v) is 11.9. The Bertz CT molecular complexity index is 266. The Hall–Kier alpha value is -0.660. The van der Waals surface area contributed by atoms with Gasteiger partial charge in [-0.3, -0.25) is 0 Å². The van der Waals surface area contributed by atoms with Gasteiger partial charge in [0.25, 0.3) is 0 Å². The van der Waals surface area contributed by atoms with Gasteiger partial charge in [0.15, 0.2) is 0 Å². The van der Waals surface area contributed by atoms with Crippen LogP contribution in [0.15, 0.2) is 11.5 Å². The smallest absolute Gasteiger partial charge is 0.118 e.